The average molecular weight is 367 g/mol. The Hall–Kier alpha value is -1.92. The fourth-order valence-corrected chi connectivity index (χ4v) is 5.05. The Bertz CT molecular complexity index is 812. The minimum Gasteiger partial charge on any atom is -0.376 e. The van der Waals surface area contributed by atoms with Crippen molar-refractivity contribution in [2.24, 2.45) is 5.41 Å². The summed E-state index contributed by atoms with van der Waals surface area (Å²) in [7, 11) is 2.21. The van der Waals surface area contributed by atoms with Crippen LogP contribution in [0.1, 0.15) is 24.8 Å². The van der Waals surface area contributed by atoms with Gasteiger partial charge in [0.15, 0.2) is 0 Å². The first kappa shape index (κ1) is 17.2. The molecule has 0 bridgehead atoms. The van der Waals surface area contributed by atoms with E-state index in [1.807, 2.05) is 4.68 Å². The molecule has 0 radical (unpaired) electrons. The van der Waals surface area contributed by atoms with Crippen molar-refractivity contribution in [1.82, 2.24) is 19.9 Å². The van der Waals surface area contributed by atoms with Gasteiger partial charge in [-0.3, -0.25) is 0 Å². The molecule has 1 aromatic heterocycles. The molecule has 5 rings (SSSR count). The zero-order chi connectivity index (χ0) is 18.4. The van der Waals surface area contributed by atoms with Gasteiger partial charge in [0.05, 0.1) is 18.8 Å². The van der Waals surface area contributed by atoms with Crippen LogP contribution in [0.25, 0.3) is 11.3 Å². The molecule has 6 nitrogen and oxygen atoms in total. The summed E-state index contributed by atoms with van der Waals surface area (Å²) in [6, 6.07) is 6.74. The maximum atomic E-state index is 5.82. The summed E-state index contributed by atoms with van der Waals surface area (Å²) in [5, 5.41) is 8.74. The highest BCUT2D eigenvalue weighted by atomic mass is 16.5. The Kier molecular flexibility index (Phi) is 4.20. The molecule has 0 unspecified atom stereocenters. The highest BCUT2D eigenvalue weighted by molar-refractivity contribution is 5.67. The van der Waals surface area contributed by atoms with E-state index in [1.165, 1.54) is 55.8 Å². The lowest BCUT2D eigenvalue weighted by Crippen LogP contribution is -2.71. The summed E-state index contributed by atoms with van der Waals surface area (Å²) in [5.41, 5.74) is 5.29. The second kappa shape index (κ2) is 6.60. The first-order chi connectivity index (χ1) is 13.1. The van der Waals surface area contributed by atoms with Gasteiger partial charge in [-0.1, -0.05) is 11.3 Å². The number of nitrogens with zero attached hydrogens (tertiary/aromatic N) is 5. The Morgan fingerprint density at radius 1 is 1.19 bits per heavy atom. The van der Waals surface area contributed by atoms with E-state index < -0.39 is 0 Å². The van der Waals surface area contributed by atoms with Crippen LogP contribution in [0.4, 0.5) is 5.69 Å². The fourth-order valence-electron chi connectivity index (χ4n) is 5.05. The quantitative estimate of drug-likeness (QED) is 0.831. The predicted octanol–water partition coefficient (Wildman–Crippen LogP) is 2.57. The molecule has 1 spiro atoms. The SMILES string of the molecule is Cc1cc(N2CC3(CN(C)C3)C2)ccc1-c1cn(C[C@H]2CCCCO2)nn1. The number of aryl methyl sites for hydroxylation is 1. The summed E-state index contributed by atoms with van der Waals surface area (Å²) in [6.45, 7) is 8.72. The maximum Gasteiger partial charge on any atom is 0.113 e. The third-order valence-corrected chi connectivity index (χ3v) is 6.32. The van der Waals surface area contributed by atoms with Crippen molar-refractivity contribution < 1.29 is 4.74 Å². The van der Waals surface area contributed by atoms with E-state index in [0.29, 0.717) is 5.41 Å². The topological polar surface area (TPSA) is 46.4 Å². The van der Waals surface area contributed by atoms with E-state index >= 15 is 0 Å². The molecule has 3 saturated heterocycles. The van der Waals surface area contributed by atoms with Crippen LogP contribution in [0.3, 0.4) is 0 Å². The number of rotatable bonds is 4. The van der Waals surface area contributed by atoms with E-state index in [4.69, 9.17) is 4.74 Å². The van der Waals surface area contributed by atoms with Crippen molar-refractivity contribution in [2.75, 3.05) is 44.7 Å². The van der Waals surface area contributed by atoms with E-state index in [0.717, 1.165) is 25.3 Å². The Morgan fingerprint density at radius 2 is 2.04 bits per heavy atom. The number of ether oxygens (including phenoxy) is 1. The van der Waals surface area contributed by atoms with Crippen LogP contribution in [0.15, 0.2) is 24.4 Å². The second-order valence-corrected chi connectivity index (χ2v) is 8.84. The van der Waals surface area contributed by atoms with Gasteiger partial charge in [0.2, 0.25) is 0 Å². The molecule has 3 fully saturated rings. The third kappa shape index (κ3) is 3.25. The number of benzene rings is 1. The molecule has 3 aliphatic rings. The van der Waals surface area contributed by atoms with E-state index in [2.05, 4.69) is 58.5 Å². The summed E-state index contributed by atoms with van der Waals surface area (Å²) in [5.74, 6) is 0. The number of anilines is 1. The van der Waals surface area contributed by atoms with Crippen molar-refractivity contribution in [3.05, 3.63) is 30.0 Å². The Balaban J connectivity index is 1.26. The molecule has 6 heteroatoms. The lowest BCUT2D eigenvalue weighted by molar-refractivity contribution is -0.00239. The molecular formula is C21H29N5O. The van der Waals surface area contributed by atoms with E-state index in [9.17, 15) is 0 Å². The predicted molar refractivity (Wildman–Crippen MR) is 106 cm³/mol. The Morgan fingerprint density at radius 3 is 2.74 bits per heavy atom. The average Bonchev–Trinajstić information content (AvgIpc) is 3.06. The van der Waals surface area contributed by atoms with Crippen molar-refractivity contribution in [3.63, 3.8) is 0 Å². The smallest absolute Gasteiger partial charge is 0.113 e. The summed E-state index contributed by atoms with van der Waals surface area (Å²) >= 11 is 0. The van der Waals surface area contributed by atoms with Gasteiger partial charge in [-0.2, -0.15) is 0 Å². The van der Waals surface area contributed by atoms with Crippen LogP contribution in [-0.4, -0.2) is 65.8 Å². The van der Waals surface area contributed by atoms with Gasteiger partial charge in [-0.15, -0.1) is 5.10 Å². The highest BCUT2D eigenvalue weighted by Gasteiger charge is 2.50. The molecule has 27 heavy (non-hydrogen) atoms. The van der Waals surface area contributed by atoms with Gasteiger partial charge in [-0.25, -0.2) is 4.68 Å². The lowest BCUT2D eigenvalue weighted by Gasteiger charge is -2.60. The van der Waals surface area contributed by atoms with Gasteiger partial charge < -0.3 is 14.5 Å². The van der Waals surface area contributed by atoms with Crippen molar-refractivity contribution in [3.8, 4) is 11.3 Å². The zero-order valence-corrected chi connectivity index (χ0v) is 16.4. The first-order valence-corrected chi connectivity index (χ1v) is 10.2. The Labute approximate surface area is 161 Å². The lowest BCUT2D eigenvalue weighted by atomic mass is 9.73. The van der Waals surface area contributed by atoms with Crippen LogP contribution in [0.5, 0.6) is 0 Å². The number of hydrogen-bond donors (Lipinski definition) is 0. The fraction of sp³-hybridized carbons (Fsp3) is 0.619. The number of likely N-dealkylation sites (tertiary alicyclic amines) is 1. The molecule has 3 aliphatic heterocycles. The summed E-state index contributed by atoms with van der Waals surface area (Å²) < 4.78 is 7.76. The second-order valence-electron chi connectivity index (χ2n) is 8.84. The van der Waals surface area contributed by atoms with Crippen LogP contribution >= 0.6 is 0 Å². The molecule has 0 N–H and O–H groups in total. The molecular weight excluding hydrogens is 338 g/mol. The van der Waals surface area contributed by atoms with Crippen molar-refractivity contribution >= 4 is 5.69 Å². The van der Waals surface area contributed by atoms with Crippen molar-refractivity contribution in [2.45, 2.75) is 38.8 Å². The minimum atomic E-state index is 0.279. The molecule has 0 aliphatic carbocycles. The van der Waals surface area contributed by atoms with Gasteiger partial charge >= 0.3 is 0 Å². The van der Waals surface area contributed by atoms with E-state index in [-0.39, 0.29) is 6.10 Å². The number of aromatic nitrogens is 3. The summed E-state index contributed by atoms with van der Waals surface area (Å²) in [6.07, 6.45) is 5.89. The van der Waals surface area contributed by atoms with Gasteiger partial charge in [0.1, 0.15) is 5.69 Å². The molecule has 1 aromatic carbocycles. The normalized spacial score (nSPS) is 24.7. The summed E-state index contributed by atoms with van der Waals surface area (Å²) in [4.78, 5) is 4.91. The maximum absolute atomic E-state index is 5.82. The van der Waals surface area contributed by atoms with Crippen LogP contribution < -0.4 is 4.90 Å². The monoisotopic (exact) mass is 367 g/mol. The van der Waals surface area contributed by atoms with Crippen LogP contribution in [0, 0.1) is 12.3 Å². The molecule has 0 saturated carbocycles. The van der Waals surface area contributed by atoms with Gasteiger partial charge in [-0.05, 0) is 50.9 Å². The third-order valence-electron chi connectivity index (χ3n) is 6.32. The molecule has 4 heterocycles. The minimum absolute atomic E-state index is 0.279. The van der Waals surface area contributed by atoms with Gasteiger partial charge in [0, 0.05) is 49.5 Å². The largest absolute Gasteiger partial charge is 0.376 e. The van der Waals surface area contributed by atoms with E-state index in [1.54, 1.807) is 0 Å². The molecule has 1 atom stereocenters. The van der Waals surface area contributed by atoms with Crippen LogP contribution in [0.2, 0.25) is 0 Å². The zero-order valence-electron chi connectivity index (χ0n) is 16.4. The highest BCUT2D eigenvalue weighted by Crippen LogP contribution is 2.41. The molecule has 2 aromatic rings. The van der Waals surface area contributed by atoms with Crippen molar-refractivity contribution in [1.29, 1.82) is 0 Å². The molecule has 0 amide bonds. The first-order valence-electron chi connectivity index (χ1n) is 10.2. The van der Waals surface area contributed by atoms with Crippen LogP contribution in [-0.2, 0) is 11.3 Å². The standard InChI is InChI=1S/C21H29N5O/c1-16-9-17(25-14-21(15-25)12-24(2)13-21)6-7-19(16)20-11-26(23-22-20)10-18-5-3-4-8-27-18/h6-7,9,11,18H,3-5,8,10,12-15H2,1-2H3/t18-/m1/s1. The van der Waals surface area contributed by atoms with Gasteiger partial charge in [0.25, 0.3) is 0 Å². The molecule has 144 valence electrons. The number of hydrogen-bond acceptors (Lipinski definition) is 5.